The first-order valence-corrected chi connectivity index (χ1v) is 8.06. The first-order valence-electron chi connectivity index (χ1n) is 8.06. The van der Waals surface area contributed by atoms with Crippen molar-refractivity contribution in [3.63, 3.8) is 0 Å². The van der Waals surface area contributed by atoms with Crippen molar-refractivity contribution in [3.8, 4) is 0 Å². The van der Waals surface area contributed by atoms with Gasteiger partial charge in [0.2, 0.25) is 5.91 Å². The third kappa shape index (κ3) is 2.20. The molecule has 1 saturated heterocycles. The minimum Gasteiger partial charge on any atom is -0.467 e. The number of β-lactam (4-membered cyclic amide) rings is 1. The molecule has 0 radical (unpaired) electrons. The molecule has 2 N–H and O–H groups in total. The minimum absolute atomic E-state index is 0.0430. The molecule has 2 aliphatic carbocycles. The van der Waals surface area contributed by atoms with E-state index in [2.05, 4.69) is 36.1 Å². The Balaban J connectivity index is 1.61. The van der Waals surface area contributed by atoms with Crippen LogP contribution in [0.3, 0.4) is 0 Å². The Bertz CT molecular complexity index is 561. The standard InChI is InChI=1S/C16H24N2O5/c1-15(2)8-5-6-16(15,3)9(7-8)23-14(21)18-10-11(13(20)22-4)17-12(10)19/h8-11H,5-7H2,1-4H3,(H,17,19)(H,18,21). The maximum Gasteiger partial charge on any atom is 0.408 e. The molecule has 7 nitrogen and oxygen atoms in total. The zero-order chi connectivity index (χ0) is 17.0. The molecule has 2 amide bonds. The largest absolute Gasteiger partial charge is 0.467 e. The Morgan fingerprint density at radius 2 is 2.00 bits per heavy atom. The van der Waals surface area contributed by atoms with Gasteiger partial charge >= 0.3 is 12.1 Å². The number of alkyl carbamates (subject to hydrolysis) is 1. The number of hydrogen-bond acceptors (Lipinski definition) is 5. The normalized spacial score (nSPS) is 40.1. The smallest absolute Gasteiger partial charge is 0.408 e. The predicted molar refractivity (Wildman–Crippen MR) is 80.4 cm³/mol. The summed E-state index contributed by atoms with van der Waals surface area (Å²) in [6, 6.07) is -1.76. The lowest BCUT2D eigenvalue weighted by atomic mass is 9.70. The van der Waals surface area contributed by atoms with Crippen molar-refractivity contribution >= 4 is 18.0 Å². The highest BCUT2D eigenvalue weighted by Crippen LogP contribution is 2.66. The van der Waals surface area contributed by atoms with E-state index in [-0.39, 0.29) is 16.9 Å². The molecule has 5 atom stereocenters. The minimum atomic E-state index is -0.922. The van der Waals surface area contributed by atoms with Crippen LogP contribution in [0.5, 0.6) is 0 Å². The van der Waals surface area contributed by atoms with E-state index in [1.165, 1.54) is 13.5 Å². The molecular weight excluding hydrogens is 300 g/mol. The van der Waals surface area contributed by atoms with Gasteiger partial charge in [0.05, 0.1) is 7.11 Å². The maximum atomic E-state index is 12.2. The lowest BCUT2D eigenvalue weighted by Crippen LogP contribution is -2.72. The molecule has 128 valence electrons. The number of fused-ring (bicyclic) bond motifs is 2. The Morgan fingerprint density at radius 1 is 1.30 bits per heavy atom. The predicted octanol–water partition coefficient (Wildman–Crippen LogP) is 0.967. The molecule has 23 heavy (non-hydrogen) atoms. The molecule has 1 aliphatic heterocycles. The average Bonchev–Trinajstić information content (AvgIpc) is 2.83. The molecule has 0 aromatic carbocycles. The van der Waals surface area contributed by atoms with Gasteiger partial charge in [0.25, 0.3) is 0 Å². The van der Waals surface area contributed by atoms with Crippen LogP contribution in [0.15, 0.2) is 0 Å². The second-order valence-electron chi connectivity index (χ2n) is 7.64. The third-order valence-electron chi connectivity index (χ3n) is 6.61. The van der Waals surface area contributed by atoms with Gasteiger partial charge in [0.15, 0.2) is 6.04 Å². The molecule has 0 aromatic heterocycles. The van der Waals surface area contributed by atoms with Gasteiger partial charge in [-0.05, 0) is 30.6 Å². The van der Waals surface area contributed by atoms with E-state index in [4.69, 9.17) is 4.74 Å². The summed E-state index contributed by atoms with van der Waals surface area (Å²) in [7, 11) is 1.24. The fraction of sp³-hybridized carbons (Fsp3) is 0.812. The maximum absolute atomic E-state index is 12.2. The number of carbonyl (C=O) groups is 3. The van der Waals surface area contributed by atoms with Gasteiger partial charge in [0, 0.05) is 5.41 Å². The molecular formula is C16H24N2O5. The van der Waals surface area contributed by atoms with Gasteiger partial charge in [-0.1, -0.05) is 20.8 Å². The first-order chi connectivity index (χ1) is 10.7. The van der Waals surface area contributed by atoms with Gasteiger partial charge in [-0.3, -0.25) is 4.79 Å². The summed E-state index contributed by atoms with van der Waals surface area (Å²) >= 11 is 0. The van der Waals surface area contributed by atoms with Gasteiger partial charge < -0.3 is 20.1 Å². The Hall–Kier alpha value is -1.79. The number of nitrogens with one attached hydrogen (secondary N) is 2. The van der Waals surface area contributed by atoms with Crippen molar-refractivity contribution in [3.05, 3.63) is 0 Å². The average molecular weight is 324 g/mol. The zero-order valence-corrected chi connectivity index (χ0v) is 14.0. The number of esters is 1. The van der Waals surface area contributed by atoms with Crippen molar-refractivity contribution < 1.29 is 23.9 Å². The number of hydrogen-bond donors (Lipinski definition) is 2. The number of rotatable bonds is 3. The summed E-state index contributed by atoms with van der Waals surface area (Å²) in [5.74, 6) is -0.431. The van der Waals surface area contributed by atoms with E-state index >= 15 is 0 Å². The molecule has 7 heteroatoms. The van der Waals surface area contributed by atoms with Crippen LogP contribution < -0.4 is 10.6 Å². The Labute approximate surface area is 135 Å². The topological polar surface area (TPSA) is 93.7 Å². The molecule has 0 spiro atoms. The van der Waals surface area contributed by atoms with Gasteiger partial charge in [-0.2, -0.15) is 0 Å². The SMILES string of the molecule is COC(=O)C1NC(=O)C1NC(=O)OC1CC2CCC1(C)C2(C)C. The van der Waals surface area contributed by atoms with Gasteiger partial charge in [0.1, 0.15) is 12.1 Å². The van der Waals surface area contributed by atoms with Crippen LogP contribution in [-0.4, -0.2) is 43.3 Å². The third-order valence-corrected chi connectivity index (χ3v) is 6.61. The van der Waals surface area contributed by atoms with Crippen LogP contribution in [0, 0.1) is 16.7 Å². The van der Waals surface area contributed by atoms with E-state index in [1.807, 2.05) is 0 Å². The number of ether oxygens (including phenoxy) is 2. The highest BCUT2D eigenvalue weighted by atomic mass is 16.6. The summed E-state index contributed by atoms with van der Waals surface area (Å²) in [4.78, 5) is 35.2. The summed E-state index contributed by atoms with van der Waals surface area (Å²) in [5.41, 5.74) is 0.0962. The van der Waals surface area contributed by atoms with Gasteiger partial charge in [-0.15, -0.1) is 0 Å². The van der Waals surface area contributed by atoms with E-state index in [0.29, 0.717) is 5.92 Å². The van der Waals surface area contributed by atoms with Crippen molar-refractivity contribution in [2.45, 2.75) is 58.2 Å². The lowest BCUT2D eigenvalue weighted by molar-refractivity contribution is -0.153. The molecule has 0 aromatic rings. The lowest BCUT2D eigenvalue weighted by Gasteiger charge is -2.39. The van der Waals surface area contributed by atoms with E-state index in [1.54, 1.807) is 0 Å². The van der Waals surface area contributed by atoms with Crippen LogP contribution in [0.25, 0.3) is 0 Å². The second-order valence-corrected chi connectivity index (χ2v) is 7.64. The fourth-order valence-corrected chi connectivity index (χ4v) is 4.45. The van der Waals surface area contributed by atoms with Crippen LogP contribution >= 0.6 is 0 Å². The summed E-state index contributed by atoms with van der Waals surface area (Å²) in [5, 5.41) is 4.89. The molecule has 2 bridgehead atoms. The van der Waals surface area contributed by atoms with Crippen LogP contribution in [-0.2, 0) is 19.1 Å². The van der Waals surface area contributed by atoms with E-state index in [0.717, 1.165) is 12.8 Å². The van der Waals surface area contributed by atoms with Crippen molar-refractivity contribution in [1.29, 1.82) is 0 Å². The number of methoxy groups -OCH3 is 1. The van der Waals surface area contributed by atoms with E-state index in [9.17, 15) is 14.4 Å². The quantitative estimate of drug-likeness (QED) is 0.596. The highest BCUT2D eigenvalue weighted by molar-refractivity contribution is 6.01. The van der Waals surface area contributed by atoms with Crippen molar-refractivity contribution in [1.82, 2.24) is 10.6 Å². The fourth-order valence-electron chi connectivity index (χ4n) is 4.45. The molecule has 5 unspecified atom stereocenters. The zero-order valence-electron chi connectivity index (χ0n) is 14.0. The van der Waals surface area contributed by atoms with Crippen LogP contribution in [0.2, 0.25) is 0 Å². The summed E-state index contributed by atoms with van der Waals surface area (Å²) in [6.07, 6.45) is 2.26. The number of amides is 2. The molecule has 1 heterocycles. The second kappa shape index (κ2) is 5.11. The van der Waals surface area contributed by atoms with Crippen LogP contribution in [0.4, 0.5) is 4.79 Å². The number of carbonyl (C=O) groups excluding carboxylic acids is 3. The summed E-state index contributed by atoms with van der Waals surface area (Å²) in [6.45, 7) is 6.64. The molecule has 3 aliphatic rings. The first kappa shape index (κ1) is 16.1. The molecule has 2 saturated carbocycles. The highest BCUT2D eigenvalue weighted by Gasteiger charge is 2.63. The van der Waals surface area contributed by atoms with Crippen molar-refractivity contribution in [2.24, 2.45) is 16.7 Å². The molecule has 3 fully saturated rings. The monoisotopic (exact) mass is 324 g/mol. The Kier molecular flexibility index (Phi) is 3.57. The molecule has 3 rings (SSSR count). The van der Waals surface area contributed by atoms with E-state index < -0.39 is 30.1 Å². The van der Waals surface area contributed by atoms with Crippen LogP contribution in [0.1, 0.15) is 40.0 Å². The Morgan fingerprint density at radius 3 is 2.48 bits per heavy atom. The summed E-state index contributed by atoms with van der Waals surface area (Å²) < 4.78 is 10.2. The van der Waals surface area contributed by atoms with Gasteiger partial charge in [-0.25, -0.2) is 9.59 Å². The van der Waals surface area contributed by atoms with Crippen molar-refractivity contribution in [2.75, 3.05) is 7.11 Å².